The molecule has 0 aliphatic heterocycles. The van der Waals surface area contributed by atoms with E-state index in [9.17, 15) is 19.8 Å². The summed E-state index contributed by atoms with van der Waals surface area (Å²) < 4.78 is 5.49. The van der Waals surface area contributed by atoms with Gasteiger partial charge in [-0.05, 0) is 51.4 Å². The van der Waals surface area contributed by atoms with E-state index in [1.807, 2.05) is 0 Å². The number of hydrogen-bond acceptors (Lipinski definition) is 5. The van der Waals surface area contributed by atoms with Gasteiger partial charge < -0.3 is 20.3 Å². The van der Waals surface area contributed by atoms with Crippen molar-refractivity contribution < 1.29 is 24.5 Å². The van der Waals surface area contributed by atoms with Gasteiger partial charge in [-0.3, -0.25) is 9.59 Å². The summed E-state index contributed by atoms with van der Waals surface area (Å²) in [4.78, 5) is 24.6. The monoisotopic (exact) mass is 960 g/mol. The molecule has 6 heteroatoms. The number of amides is 1. The molecule has 0 aliphatic carbocycles. The lowest BCUT2D eigenvalue weighted by Gasteiger charge is -2.22. The molecule has 0 aromatic carbocycles. The Morgan fingerprint density at radius 3 is 1.04 bits per heavy atom. The third-order valence-corrected chi connectivity index (χ3v) is 14.6. The Morgan fingerprint density at radius 1 is 0.397 bits per heavy atom. The Kier molecular flexibility index (Phi) is 57.0. The molecular weight excluding hydrogens is 839 g/mol. The molecule has 0 spiro atoms. The first kappa shape index (κ1) is 66.6. The summed E-state index contributed by atoms with van der Waals surface area (Å²) in [6, 6.07) is -0.550. The minimum Gasteiger partial charge on any atom is -0.466 e. The van der Waals surface area contributed by atoms with E-state index in [2.05, 4.69) is 31.3 Å². The Balaban J connectivity index is 3.42. The van der Waals surface area contributed by atoms with Gasteiger partial charge in [0.05, 0.1) is 25.4 Å². The molecule has 6 nitrogen and oxygen atoms in total. The molecule has 0 fully saturated rings. The average Bonchev–Trinajstić information content (AvgIpc) is 3.34. The van der Waals surface area contributed by atoms with E-state index >= 15 is 0 Å². The summed E-state index contributed by atoms with van der Waals surface area (Å²) in [6.07, 6.45) is 69.2. The molecule has 0 aliphatic rings. The van der Waals surface area contributed by atoms with Crippen molar-refractivity contribution in [1.29, 1.82) is 0 Å². The lowest BCUT2D eigenvalue weighted by Crippen LogP contribution is -2.45. The topological polar surface area (TPSA) is 95.9 Å². The van der Waals surface area contributed by atoms with Crippen molar-refractivity contribution in [1.82, 2.24) is 5.32 Å². The number of carbonyl (C=O) groups excluding carboxylic acids is 2. The zero-order valence-corrected chi connectivity index (χ0v) is 46.1. The van der Waals surface area contributed by atoms with Crippen LogP contribution >= 0.6 is 0 Å². The van der Waals surface area contributed by atoms with Gasteiger partial charge in [0.25, 0.3) is 0 Å². The van der Waals surface area contributed by atoms with E-state index in [0.29, 0.717) is 25.9 Å². The highest BCUT2D eigenvalue weighted by Crippen LogP contribution is 2.18. The highest BCUT2D eigenvalue weighted by atomic mass is 16.5. The normalized spacial score (nSPS) is 12.6. The number of ether oxygens (including phenoxy) is 1. The third kappa shape index (κ3) is 53.9. The van der Waals surface area contributed by atoms with Gasteiger partial charge in [0, 0.05) is 12.8 Å². The van der Waals surface area contributed by atoms with E-state index in [1.54, 1.807) is 0 Å². The predicted molar refractivity (Wildman–Crippen MR) is 297 cm³/mol. The van der Waals surface area contributed by atoms with E-state index in [1.165, 1.54) is 263 Å². The average molecular weight is 961 g/mol. The molecule has 2 unspecified atom stereocenters. The van der Waals surface area contributed by atoms with Crippen LogP contribution in [0.4, 0.5) is 0 Å². The summed E-state index contributed by atoms with van der Waals surface area (Å²) in [5, 5.41) is 23.3. The number of aliphatic hydroxyl groups is 2. The first-order chi connectivity index (χ1) is 33.5. The highest BCUT2D eigenvalue weighted by Gasteiger charge is 2.20. The number of aliphatic hydroxyl groups excluding tert-OH is 2. The van der Waals surface area contributed by atoms with Crippen LogP contribution in [-0.2, 0) is 14.3 Å². The number of nitrogens with one attached hydrogen (secondary N) is 1. The fourth-order valence-electron chi connectivity index (χ4n) is 9.81. The summed E-state index contributed by atoms with van der Waals surface area (Å²) in [7, 11) is 0. The van der Waals surface area contributed by atoms with E-state index in [4.69, 9.17) is 4.74 Å². The van der Waals surface area contributed by atoms with Crippen molar-refractivity contribution in [3.8, 4) is 0 Å². The zero-order chi connectivity index (χ0) is 49.3. The molecule has 0 bridgehead atoms. The Labute approximate surface area is 425 Å². The Morgan fingerprint density at radius 2 is 0.691 bits per heavy atom. The number of carbonyl (C=O) groups is 2. The van der Waals surface area contributed by atoms with Crippen molar-refractivity contribution in [3.05, 3.63) is 12.2 Å². The van der Waals surface area contributed by atoms with Crippen molar-refractivity contribution in [3.63, 3.8) is 0 Å². The molecule has 0 aromatic rings. The molecule has 0 saturated carbocycles. The van der Waals surface area contributed by atoms with Crippen LogP contribution in [-0.4, -0.2) is 47.4 Å². The van der Waals surface area contributed by atoms with E-state index in [0.717, 1.165) is 51.4 Å². The van der Waals surface area contributed by atoms with Crippen LogP contribution in [0.5, 0.6) is 0 Å². The van der Waals surface area contributed by atoms with Gasteiger partial charge in [-0.1, -0.05) is 296 Å². The lowest BCUT2D eigenvalue weighted by atomic mass is 10.0. The molecule has 2 atom stereocenters. The summed E-state index contributed by atoms with van der Waals surface area (Å²) in [5.41, 5.74) is 0. The molecule has 0 saturated heterocycles. The second-order valence-electron chi connectivity index (χ2n) is 21.4. The lowest BCUT2D eigenvalue weighted by molar-refractivity contribution is -0.143. The molecule has 0 aromatic heterocycles. The summed E-state index contributed by atoms with van der Waals surface area (Å²) >= 11 is 0. The van der Waals surface area contributed by atoms with Crippen molar-refractivity contribution in [2.45, 2.75) is 360 Å². The minimum atomic E-state index is -0.672. The fourth-order valence-corrected chi connectivity index (χ4v) is 9.81. The largest absolute Gasteiger partial charge is 0.466 e. The first-order valence-electron chi connectivity index (χ1n) is 30.9. The number of allylic oxidation sites excluding steroid dienone is 2. The van der Waals surface area contributed by atoms with Crippen LogP contribution in [0.2, 0.25) is 0 Å². The number of hydrogen-bond donors (Lipinski definition) is 3. The van der Waals surface area contributed by atoms with Gasteiger partial charge >= 0.3 is 5.97 Å². The van der Waals surface area contributed by atoms with Gasteiger partial charge in [-0.15, -0.1) is 0 Å². The maximum Gasteiger partial charge on any atom is 0.305 e. The molecular formula is C62H121NO5. The first-order valence-corrected chi connectivity index (χ1v) is 30.9. The SMILES string of the molecule is CCCCCCCCC/C=C\CCCCCCCCCC(=O)OCCCCCCCCCCCCCCCCC(=O)NC(CO)C(O)CCCCCCCCCCCCCCCCCCCCC. The number of unbranched alkanes of at least 4 members (excludes halogenated alkanes) is 45. The van der Waals surface area contributed by atoms with Gasteiger partial charge in [-0.2, -0.15) is 0 Å². The van der Waals surface area contributed by atoms with Crippen LogP contribution in [0.25, 0.3) is 0 Å². The number of rotatable bonds is 58. The minimum absolute atomic E-state index is 0.00389. The molecule has 0 rings (SSSR count). The second-order valence-corrected chi connectivity index (χ2v) is 21.4. The molecule has 404 valence electrons. The van der Waals surface area contributed by atoms with Crippen LogP contribution in [0.3, 0.4) is 0 Å². The van der Waals surface area contributed by atoms with E-state index < -0.39 is 12.1 Å². The third-order valence-electron chi connectivity index (χ3n) is 14.6. The molecule has 0 radical (unpaired) electrons. The van der Waals surface area contributed by atoms with Crippen molar-refractivity contribution in [2.24, 2.45) is 0 Å². The number of esters is 1. The van der Waals surface area contributed by atoms with Gasteiger partial charge in [0.1, 0.15) is 0 Å². The van der Waals surface area contributed by atoms with Crippen molar-refractivity contribution >= 4 is 11.9 Å². The zero-order valence-electron chi connectivity index (χ0n) is 46.1. The fraction of sp³-hybridized carbons (Fsp3) is 0.935. The van der Waals surface area contributed by atoms with E-state index in [-0.39, 0.29) is 18.5 Å². The maximum absolute atomic E-state index is 12.5. The molecule has 0 heterocycles. The van der Waals surface area contributed by atoms with Gasteiger partial charge in [-0.25, -0.2) is 0 Å². The van der Waals surface area contributed by atoms with Crippen LogP contribution < -0.4 is 5.32 Å². The summed E-state index contributed by atoms with van der Waals surface area (Å²) in [6.45, 7) is 4.96. The summed E-state index contributed by atoms with van der Waals surface area (Å²) in [5.74, 6) is -0.0459. The quantitative estimate of drug-likeness (QED) is 0.0321. The maximum atomic E-state index is 12.5. The molecule has 1 amide bonds. The smallest absolute Gasteiger partial charge is 0.305 e. The Hall–Kier alpha value is -1.40. The highest BCUT2D eigenvalue weighted by molar-refractivity contribution is 5.76. The van der Waals surface area contributed by atoms with Gasteiger partial charge in [0.15, 0.2) is 0 Å². The van der Waals surface area contributed by atoms with Crippen molar-refractivity contribution in [2.75, 3.05) is 13.2 Å². The standard InChI is InChI=1S/C62H121NO5/c1-3-5-7-9-11-13-15-17-19-21-23-24-26-30-34-38-42-46-50-54-60(65)59(58-64)63-61(66)55-51-47-43-39-35-31-28-29-33-37-41-45-49-53-57-68-62(67)56-52-48-44-40-36-32-27-25-22-20-18-16-14-12-10-8-6-4-2/h20,22,59-60,64-65H,3-19,21,23-58H2,1-2H3,(H,63,66)/b22-20-. The van der Waals surface area contributed by atoms with Crippen LogP contribution in [0.1, 0.15) is 348 Å². The molecule has 3 N–H and O–H groups in total. The predicted octanol–water partition coefficient (Wildman–Crippen LogP) is 19.2. The molecule has 68 heavy (non-hydrogen) atoms. The van der Waals surface area contributed by atoms with Crippen LogP contribution in [0, 0.1) is 0 Å². The van der Waals surface area contributed by atoms with Crippen LogP contribution in [0.15, 0.2) is 12.2 Å². The second kappa shape index (κ2) is 58.2. The Bertz CT molecular complexity index is 1020. The van der Waals surface area contributed by atoms with Gasteiger partial charge in [0.2, 0.25) is 5.91 Å².